The molecular formula is C18H28N4O3. The predicted molar refractivity (Wildman–Crippen MR) is 91.6 cm³/mol. The molecule has 4 aliphatic rings. The Bertz CT molecular complexity index is 601. The number of amides is 4. The van der Waals surface area contributed by atoms with E-state index in [1.165, 1.54) is 6.42 Å². The van der Waals surface area contributed by atoms with Crippen LogP contribution in [0.15, 0.2) is 0 Å². The fourth-order valence-corrected chi connectivity index (χ4v) is 5.49. The molecule has 3 aliphatic heterocycles. The Kier molecular flexibility index (Phi) is 4.02. The molecule has 138 valence electrons. The van der Waals surface area contributed by atoms with E-state index in [9.17, 15) is 14.4 Å². The molecule has 0 aromatic rings. The highest BCUT2D eigenvalue weighted by atomic mass is 16.2. The number of carbonyl (C=O) groups is 3. The van der Waals surface area contributed by atoms with Crippen LogP contribution >= 0.6 is 0 Å². The molecule has 0 aromatic carbocycles. The number of rotatable bonds is 2. The lowest BCUT2D eigenvalue weighted by Crippen LogP contribution is -2.56. The van der Waals surface area contributed by atoms with Gasteiger partial charge in [-0.3, -0.25) is 14.9 Å². The van der Waals surface area contributed by atoms with E-state index in [0.717, 1.165) is 45.2 Å². The first kappa shape index (κ1) is 16.8. The third-order valence-corrected chi connectivity index (χ3v) is 7.13. The summed E-state index contributed by atoms with van der Waals surface area (Å²) in [6.45, 7) is 4.93. The van der Waals surface area contributed by atoms with Crippen molar-refractivity contribution < 1.29 is 14.4 Å². The number of fused-ring (bicyclic) bond motifs is 1. The van der Waals surface area contributed by atoms with E-state index < -0.39 is 11.6 Å². The molecule has 3 heterocycles. The van der Waals surface area contributed by atoms with Crippen molar-refractivity contribution in [2.24, 2.45) is 17.3 Å². The molecule has 0 aromatic heterocycles. The number of likely N-dealkylation sites (tertiary alicyclic amines) is 1. The van der Waals surface area contributed by atoms with Crippen molar-refractivity contribution in [2.45, 2.75) is 51.0 Å². The SMILES string of the molecule is CC1(C2CCN(C(=O)[C@@]34CCCC[C@H]3CNC4)CC2)NC(=O)NC1=O. The number of imide groups is 1. The molecule has 3 N–H and O–H groups in total. The average molecular weight is 348 g/mol. The van der Waals surface area contributed by atoms with Crippen LogP contribution in [0.25, 0.3) is 0 Å². The minimum atomic E-state index is -0.840. The van der Waals surface area contributed by atoms with Crippen LogP contribution in [0, 0.1) is 17.3 Å². The maximum atomic E-state index is 13.3. The summed E-state index contributed by atoms with van der Waals surface area (Å²) in [6, 6.07) is -0.410. The van der Waals surface area contributed by atoms with Gasteiger partial charge in [0.1, 0.15) is 5.54 Å². The van der Waals surface area contributed by atoms with Gasteiger partial charge in [0.25, 0.3) is 5.91 Å². The van der Waals surface area contributed by atoms with Gasteiger partial charge in [-0.2, -0.15) is 0 Å². The van der Waals surface area contributed by atoms with Crippen LogP contribution in [0.4, 0.5) is 4.79 Å². The van der Waals surface area contributed by atoms with Crippen molar-refractivity contribution in [3.05, 3.63) is 0 Å². The molecule has 1 unspecified atom stereocenters. The van der Waals surface area contributed by atoms with Gasteiger partial charge in [-0.25, -0.2) is 4.79 Å². The number of hydrogen-bond donors (Lipinski definition) is 3. The number of carbonyl (C=O) groups excluding carboxylic acids is 3. The lowest BCUT2D eigenvalue weighted by Gasteiger charge is -2.44. The summed E-state index contributed by atoms with van der Waals surface area (Å²) in [7, 11) is 0. The van der Waals surface area contributed by atoms with E-state index >= 15 is 0 Å². The van der Waals surface area contributed by atoms with E-state index in [1.54, 1.807) is 6.92 Å². The number of piperidine rings is 1. The second-order valence-corrected chi connectivity index (χ2v) is 8.41. The van der Waals surface area contributed by atoms with E-state index in [-0.39, 0.29) is 17.2 Å². The lowest BCUT2D eigenvalue weighted by atomic mass is 9.67. The molecule has 4 amide bonds. The summed E-state index contributed by atoms with van der Waals surface area (Å²) < 4.78 is 0. The van der Waals surface area contributed by atoms with Gasteiger partial charge in [-0.15, -0.1) is 0 Å². The smallest absolute Gasteiger partial charge is 0.322 e. The van der Waals surface area contributed by atoms with Crippen molar-refractivity contribution in [1.82, 2.24) is 20.9 Å². The molecule has 0 spiro atoms. The van der Waals surface area contributed by atoms with Crippen molar-refractivity contribution >= 4 is 17.8 Å². The van der Waals surface area contributed by atoms with Gasteiger partial charge in [0.2, 0.25) is 5.91 Å². The first-order valence-corrected chi connectivity index (χ1v) is 9.59. The summed E-state index contributed by atoms with van der Waals surface area (Å²) >= 11 is 0. The largest absolute Gasteiger partial charge is 0.342 e. The molecule has 0 radical (unpaired) electrons. The Morgan fingerprint density at radius 2 is 1.88 bits per heavy atom. The fraction of sp³-hybridized carbons (Fsp3) is 0.833. The van der Waals surface area contributed by atoms with Crippen molar-refractivity contribution in [3.63, 3.8) is 0 Å². The third kappa shape index (κ3) is 2.55. The van der Waals surface area contributed by atoms with Crippen molar-refractivity contribution in [3.8, 4) is 0 Å². The fourth-order valence-electron chi connectivity index (χ4n) is 5.49. The molecular weight excluding hydrogens is 320 g/mol. The predicted octanol–water partition coefficient (Wildman–Crippen LogP) is 0.603. The van der Waals surface area contributed by atoms with Gasteiger partial charge >= 0.3 is 6.03 Å². The molecule has 25 heavy (non-hydrogen) atoms. The maximum Gasteiger partial charge on any atom is 0.322 e. The van der Waals surface area contributed by atoms with Crippen LogP contribution in [0.2, 0.25) is 0 Å². The Hall–Kier alpha value is -1.63. The van der Waals surface area contributed by atoms with E-state index in [1.807, 2.05) is 4.90 Å². The van der Waals surface area contributed by atoms with Gasteiger partial charge < -0.3 is 15.5 Å². The zero-order valence-corrected chi connectivity index (χ0v) is 14.9. The standard InChI is InChI=1S/C18H28N4O3/c1-17(14(23)20-16(25)21-17)12-5-8-22(9-6-12)15(24)18-7-3-2-4-13(18)10-19-11-18/h12-13,19H,2-11H2,1H3,(H2,20,21,23,25)/t13-,17?,18+/m0/s1. The lowest BCUT2D eigenvalue weighted by molar-refractivity contribution is -0.147. The summed E-state index contributed by atoms with van der Waals surface area (Å²) in [5.41, 5.74) is -1.04. The Labute approximate surface area is 148 Å². The van der Waals surface area contributed by atoms with Crippen LogP contribution in [0.1, 0.15) is 45.4 Å². The minimum absolute atomic E-state index is 0.0735. The van der Waals surface area contributed by atoms with Crippen LogP contribution in [-0.2, 0) is 9.59 Å². The zero-order valence-electron chi connectivity index (χ0n) is 14.9. The van der Waals surface area contributed by atoms with Gasteiger partial charge in [-0.05, 0) is 51.0 Å². The second-order valence-electron chi connectivity index (χ2n) is 8.41. The molecule has 0 bridgehead atoms. The van der Waals surface area contributed by atoms with Crippen LogP contribution < -0.4 is 16.0 Å². The first-order chi connectivity index (χ1) is 12.0. The van der Waals surface area contributed by atoms with E-state index in [0.29, 0.717) is 24.9 Å². The Morgan fingerprint density at radius 1 is 1.12 bits per heavy atom. The summed E-state index contributed by atoms with van der Waals surface area (Å²) in [6.07, 6.45) is 6.04. The molecule has 4 rings (SSSR count). The quantitative estimate of drug-likeness (QED) is 0.638. The topological polar surface area (TPSA) is 90.5 Å². The molecule has 1 aliphatic carbocycles. The van der Waals surface area contributed by atoms with Gasteiger partial charge in [0, 0.05) is 19.6 Å². The first-order valence-electron chi connectivity index (χ1n) is 9.59. The van der Waals surface area contributed by atoms with E-state index in [2.05, 4.69) is 16.0 Å². The number of hydrogen-bond acceptors (Lipinski definition) is 4. The molecule has 7 nitrogen and oxygen atoms in total. The Balaban J connectivity index is 1.43. The van der Waals surface area contributed by atoms with Crippen molar-refractivity contribution in [1.29, 1.82) is 0 Å². The Morgan fingerprint density at radius 3 is 2.56 bits per heavy atom. The highest BCUT2D eigenvalue weighted by Crippen LogP contribution is 2.45. The zero-order chi connectivity index (χ0) is 17.7. The highest BCUT2D eigenvalue weighted by molar-refractivity contribution is 6.07. The van der Waals surface area contributed by atoms with Crippen LogP contribution in [-0.4, -0.2) is 54.5 Å². The molecule has 3 atom stereocenters. The normalized spacial score (nSPS) is 39.1. The highest BCUT2D eigenvalue weighted by Gasteiger charge is 2.53. The molecule has 3 saturated heterocycles. The van der Waals surface area contributed by atoms with E-state index in [4.69, 9.17) is 0 Å². The summed E-state index contributed by atoms with van der Waals surface area (Å²) in [4.78, 5) is 39.0. The van der Waals surface area contributed by atoms with Crippen LogP contribution in [0.5, 0.6) is 0 Å². The van der Waals surface area contributed by atoms with Crippen LogP contribution in [0.3, 0.4) is 0 Å². The number of nitrogens with one attached hydrogen (secondary N) is 3. The monoisotopic (exact) mass is 348 g/mol. The third-order valence-electron chi connectivity index (χ3n) is 7.13. The average Bonchev–Trinajstić information content (AvgIpc) is 3.16. The van der Waals surface area contributed by atoms with Gasteiger partial charge in [0.05, 0.1) is 5.41 Å². The van der Waals surface area contributed by atoms with Gasteiger partial charge in [0.15, 0.2) is 0 Å². The summed E-state index contributed by atoms with van der Waals surface area (Å²) in [5.74, 6) is 0.618. The number of nitrogens with zero attached hydrogens (tertiary/aromatic N) is 1. The summed E-state index contributed by atoms with van der Waals surface area (Å²) in [5, 5.41) is 8.57. The number of urea groups is 1. The maximum absolute atomic E-state index is 13.3. The van der Waals surface area contributed by atoms with Crippen molar-refractivity contribution in [2.75, 3.05) is 26.2 Å². The molecule has 1 saturated carbocycles. The molecule has 4 fully saturated rings. The minimum Gasteiger partial charge on any atom is -0.342 e. The molecule has 7 heteroatoms. The van der Waals surface area contributed by atoms with Gasteiger partial charge in [-0.1, -0.05) is 12.8 Å². The second kappa shape index (κ2) is 5.97.